The van der Waals surface area contributed by atoms with Gasteiger partial charge in [0.05, 0.1) is 20.3 Å². The Morgan fingerprint density at radius 1 is 1.44 bits per heavy atom. The minimum absolute atomic E-state index is 0.584. The van der Waals surface area contributed by atoms with Crippen LogP contribution < -0.4 is 10.1 Å². The second-order valence-corrected chi connectivity index (χ2v) is 4.16. The van der Waals surface area contributed by atoms with Gasteiger partial charge < -0.3 is 14.8 Å². The van der Waals surface area contributed by atoms with Crippen LogP contribution in [0.1, 0.15) is 6.42 Å². The first-order chi connectivity index (χ1) is 8.88. The maximum atomic E-state index is 5.31. The number of hydrogen-bond acceptors (Lipinski definition) is 6. The summed E-state index contributed by atoms with van der Waals surface area (Å²) in [6, 6.07) is 1.74. The number of aromatic nitrogens is 2. The van der Waals surface area contributed by atoms with E-state index in [2.05, 4.69) is 20.2 Å². The van der Waals surface area contributed by atoms with Crippen LogP contribution in [0.3, 0.4) is 0 Å². The number of rotatable bonds is 6. The van der Waals surface area contributed by atoms with E-state index in [1.165, 1.54) is 0 Å². The van der Waals surface area contributed by atoms with Crippen LogP contribution in [-0.4, -0.2) is 61.4 Å². The van der Waals surface area contributed by atoms with Crippen molar-refractivity contribution in [3.8, 4) is 5.88 Å². The van der Waals surface area contributed by atoms with Crippen molar-refractivity contribution in [1.82, 2.24) is 14.9 Å². The lowest BCUT2D eigenvalue weighted by Gasteiger charge is -2.26. The molecule has 18 heavy (non-hydrogen) atoms. The van der Waals surface area contributed by atoms with Crippen molar-refractivity contribution in [2.24, 2.45) is 0 Å². The molecule has 2 rings (SSSR count). The maximum absolute atomic E-state index is 5.31. The van der Waals surface area contributed by atoms with Gasteiger partial charge in [0.2, 0.25) is 11.8 Å². The highest BCUT2D eigenvalue weighted by Crippen LogP contribution is 2.07. The Labute approximate surface area is 107 Å². The molecular formula is C12H20N4O2. The zero-order chi connectivity index (χ0) is 12.6. The average molecular weight is 252 g/mol. The molecule has 0 amide bonds. The molecule has 0 aromatic carbocycles. The lowest BCUT2D eigenvalue weighted by Crippen LogP contribution is -2.37. The predicted molar refractivity (Wildman–Crippen MR) is 68.9 cm³/mol. The summed E-state index contributed by atoms with van der Waals surface area (Å²) < 4.78 is 10.4. The van der Waals surface area contributed by atoms with Crippen molar-refractivity contribution in [2.75, 3.05) is 51.8 Å². The molecule has 6 heteroatoms. The van der Waals surface area contributed by atoms with Crippen molar-refractivity contribution in [2.45, 2.75) is 6.42 Å². The number of nitrogens with one attached hydrogen (secondary N) is 1. The Kier molecular flexibility index (Phi) is 5.16. The van der Waals surface area contributed by atoms with Crippen LogP contribution >= 0.6 is 0 Å². The van der Waals surface area contributed by atoms with Gasteiger partial charge in [0.15, 0.2) is 0 Å². The molecule has 0 atom stereocenters. The summed E-state index contributed by atoms with van der Waals surface area (Å²) in [7, 11) is 1.60. The Bertz CT molecular complexity index is 356. The molecule has 1 saturated heterocycles. The zero-order valence-electron chi connectivity index (χ0n) is 10.8. The van der Waals surface area contributed by atoms with Crippen molar-refractivity contribution < 1.29 is 9.47 Å². The summed E-state index contributed by atoms with van der Waals surface area (Å²) in [6.07, 6.45) is 2.76. The third-order valence-corrected chi connectivity index (χ3v) is 2.88. The molecule has 1 aliphatic heterocycles. The van der Waals surface area contributed by atoms with E-state index in [1.54, 1.807) is 19.4 Å². The molecule has 2 heterocycles. The number of anilines is 1. The van der Waals surface area contributed by atoms with E-state index >= 15 is 0 Å². The highest BCUT2D eigenvalue weighted by Gasteiger charge is 2.09. The highest BCUT2D eigenvalue weighted by atomic mass is 16.5. The van der Waals surface area contributed by atoms with Gasteiger partial charge in [-0.15, -0.1) is 0 Å². The molecule has 0 bridgehead atoms. The minimum atomic E-state index is 0.584. The first-order valence-electron chi connectivity index (χ1n) is 6.29. The van der Waals surface area contributed by atoms with Crippen LogP contribution in [0.2, 0.25) is 0 Å². The Hall–Kier alpha value is -1.40. The van der Waals surface area contributed by atoms with Crippen molar-refractivity contribution in [3.63, 3.8) is 0 Å². The van der Waals surface area contributed by atoms with E-state index in [9.17, 15) is 0 Å². The van der Waals surface area contributed by atoms with Gasteiger partial charge in [-0.2, -0.15) is 4.98 Å². The maximum Gasteiger partial charge on any atom is 0.225 e. The van der Waals surface area contributed by atoms with E-state index < -0.39 is 0 Å². The third kappa shape index (κ3) is 4.12. The first-order valence-corrected chi connectivity index (χ1v) is 6.29. The van der Waals surface area contributed by atoms with Gasteiger partial charge >= 0.3 is 0 Å². The summed E-state index contributed by atoms with van der Waals surface area (Å²) >= 11 is 0. The highest BCUT2D eigenvalue weighted by molar-refractivity contribution is 5.26. The summed E-state index contributed by atoms with van der Waals surface area (Å²) in [5.74, 6) is 1.21. The first kappa shape index (κ1) is 13.0. The average Bonchev–Trinajstić information content (AvgIpc) is 2.45. The number of ether oxygens (including phenoxy) is 2. The number of morpholine rings is 1. The van der Waals surface area contributed by atoms with Crippen LogP contribution in [0.25, 0.3) is 0 Å². The monoisotopic (exact) mass is 252 g/mol. The topological polar surface area (TPSA) is 59.5 Å². The minimum Gasteiger partial charge on any atom is -0.481 e. The number of hydrogen-bond donors (Lipinski definition) is 1. The summed E-state index contributed by atoms with van der Waals surface area (Å²) in [5.41, 5.74) is 0. The van der Waals surface area contributed by atoms with Gasteiger partial charge in [-0.25, -0.2) is 4.98 Å². The largest absolute Gasteiger partial charge is 0.481 e. The Balaban J connectivity index is 1.65. The number of nitrogens with zero attached hydrogens (tertiary/aromatic N) is 3. The smallest absolute Gasteiger partial charge is 0.225 e. The van der Waals surface area contributed by atoms with E-state index in [0.29, 0.717) is 11.8 Å². The second kappa shape index (κ2) is 7.13. The van der Waals surface area contributed by atoms with E-state index in [-0.39, 0.29) is 0 Å². The van der Waals surface area contributed by atoms with Crippen LogP contribution in [0.5, 0.6) is 5.88 Å². The van der Waals surface area contributed by atoms with E-state index in [4.69, 9.17) is 9.47 Å². The Morgan fingerprint density at radius 2 is 2.28 bits per heavy atom. The lowest BCUT2D eigenvalue weighted by molar-refractivity contribution is 0.0378. The van der Waals surface area contributed by atoms with Gasteiger partial charge in [0.25, 0.3) is 0 Å². The molecule has 0 aliphatic carbocycles. The summed E-state index contributed by atoms with van der Waals surface area (Å²) in [6.45, 7) is 5.73. The van der Waals surface area contributed by atoms with E-state index in [0.717, 1.165) is 45.8 Å². The quantitative estimate of drug-likeness (QED) is 0.749. The normalized spacial score (nSPS) is 16.5. The van der Waals surface area contributed by atoms with Gasteiger partial charge in [0.1, 0.15) is 0 Å². The molecule has 0 unspecified atom stereocenters. The third-order valence-electron chi connectivity index (χ3n) is 2.88. The fraction of sp³-hybridized carbons (Fsp3) is 0.667. The van der Waals surface area contributed by atoms with Crippen molar-refractivity contribution in [1.29, 1.82) is 0 Å². The standard InChI is InChI=1S/C12H20N4O2/c1-17-11-3-5-14-12(15-11)13-4-2-6-16-7-9-18-10-8-16/h3,5H,2,4,6-10H2,1H3,(H,13,14,15). The molecule has 0 saturated carbocycles. The van der Waals surface area contributed by atoms with E-state index in [1.807, 2.05) is 0 Å². The van der Waals surface area contributed by atoms with Gasteiger partial charge in [0, 0.05) is 31.9 Å². The fourth-order valence-corrected chi connectivity index (χ4v) is 1.87. The molecule has 1 aromatic rings. The molecule has 0 spiro atoms. The van der Waals surface area contributed by atoms with Crippen LogP contribution in [0.15, 0.2) is 12.3 Å². The van der Waals surface area contributed by atoms with Gasteiger partial charge in [-0.05, 0) is 13.0 Å². The second-order valence-electron chi connectivity index (χ2n) is 4.16. The lowest BCUT2D eigenvalue weighted by atomic mass is 10.3. The zero-order valence-corrected chi connectivity index (χ0v) is 10.8. The van der Waals surface area contributed by atoms with Crippen molar-refractivity contribution >= 4 is 5.95 Å². The van der Waals surface area contributed by atoms with Crippen LogP contribution in [0, 0.1) is 0 Å². The molecule has 0 radical (unpaired) electrons. The SMILES string of the molecule is COc1ccnc(NCCCN2CCOCC2)n1. The molecule has 6 nitrogen and oxygen atoms in total. The summed E-state index contributed by atoms with van der Waals surface area (Å²) in [5, 5.41) is 3.20. The van der Waals surface area contributed by atoms with Gasteiger partial charge in [-0.1, -0.05) is 0 Å². The Morgan fingerprint density at radius 3 is 3.06 bits per heavy atom. The van der Waals surface area contributed by atoms with Crippen LogP contribution in [0.4, 0.5) is 5.95 Å². The number of methoxy groups -OCH3 is 1. The molecule has 1 aliphatic rings. The molecule has 1 aromatic heterocycles. The predicted octanol–water partition coefficient (Wildman–Crippen LogP) is 0.619. The summed E-state index contributed by atoms with van der Waals surface area (Å²) in [4.78, 5) is 10.7. The fourth-order valence-electron chi connectivity index (χ4n) is 1.87. The van der Waals surface area contributed by atoms with Crippen LogP contribution in [-0.2, 0) is 4.74 Å². The molecular weight excluding hydrogens is 232 g/mol. The molecule has 1 fully saturated rings. The molecule has 1 N–H and O–H groups in total. The van der Waals surface area contributed by atoms with Gasteiger partial charge in [-0.3, -0.25) is 4.90 Å². The van der Waals surface area contributed by atoms with Crippen molar-refractivity contribution in [3.05, 3.63) is 12.3 Å². The molecule has 100 valence electrons.